The van der Waals surface area contributed by atoms with Gasteiger partial charge >= 0.3 is 6.18 Å². The zero-order valence-electron chi connectivity index (χ0n) is 15.4. The second kappa shape index (κ2) is 7.81. The summed E-state index contributed by atoms with van der Waals surface area (Å²) in [6.07, 6.45) is -4.66. The number of pyridine rings is 1. The van der Waals surface area contributed by atoms with Crippen LogP contribution in [0.2, 0.25) is 24.7 Å². The van der Waals surface area contributed by atoms with E-state index < -0.39 is 29.8 Å². The molecule has 1 heterocycles. The van der Waals surface area contributed by atoms with Crippen LogP contribution in [0, 0.1) is 28.5 Å². The summed E-state index contributed by atoms with van der Waals surface area (Å²) < 4.78 is 44.7. The minimum Gasteiger partial charge on any atom is -0.438 e. The maximum absolute atomic E-state index is 13.1. The van der Waals surface area contributed by atoms with E-state index in [0.29, 0.717) is 0 Å². The third kappa shape index (κ3) is 5.47. The van der Waals surface area contributed by atoms with Gasteiger partial charge in [-0.3, -0.25) is 10.1 Å². The Labute approximate surface area is 165 Å². The van der Waals surface area contributed by atoms with Crippen LogP contribution in [0.4, 0.5) is 18.9 Å². The zero-order valence-corrected chi connectivity index (χ0v) is 17.2. The van der Waals surface area contributed by atoms with Crippen LogP contribution in [0.5, 0.6) is 11.6 Å². The molecule has 148 valence electrons. The molecule has 2 rings (SSSR count). The van der Waals surface area contributed by atoms with Gasteiger partial charge in [0.1, 0.15) is 19.5 Å². The molecule has 1 aromatic carbocycles. The first kappa shape index (κ1) is 21.7. The van der Waals surface area contributed by atoms with E-state index >= 15 is 0 Å². The molecule has 0 bridgehead atoms. The van der Waals surface area contributed by atoms with Crippen molar-refractivity contribution in [3.63, 3.8) is 0 Å². The van der Waals surface area contributed by atoms with Gasteiger partial charge in [0.25, 0.3) is 5.69 Å². The van der Waals surface area contributed by atoms with E-state index in [-0.39, 0.29) is 28.6 Å². The quantitative estimate of drug-likeness (QED) is 0.260. The van der Waals surface area contributed by atoms with E-state index in [1.54, 1.807) is 0 Å². The summed E-state index contributed by atoms with van der Waals surface area (Å²) >= 11 is 5.61. The summed E-state index contributed by atoms with van der Waals surface area (Å²) in [6.45, 7) is 7.34. The summed E-state index contributed by atoms with van der Waals surface area (Å²) in [4.78, 5) is 14.6. The lowest BCUT2D eigenvalue weighted by atomic mass is 10.2. The Bertz CT molecular complexity index is 993. The van der Waals surface area contributed by atoms with E-state index in [4.69, 9.17) is 16.3 Å². The van der Waals surface area contributed by atoms with E-state index in [0.717, 1.165) is 12.1 Å². The second-order valence-electron chi connectivity index (χ2n) is 6.94. The number of hydrogen-bond donors (Lipinski definition) is 0. The van der Waals surface area contributed by atoms with Gasteiger partial charge in [0.05, 0.1) is 21.1 Å². The second-order valence-corrected chi connectivity index (χ2v) is 12.1. The highest BCUT2D eigenvalue weighted by Crippen LogP contribution is 2.38. The minimum absolute atomic E-state index is 0.0589. The summed E-state index contributed by atoms with van der Waals surface area (Å²) in [6, 6.07) is 4.28. The highest BCUT2D eigenvalue weighted by atomic mass is 35.5. The molecule has 0 unspecified atom stereocenters. The fraction of sp³-hybridized carbons (Fsp3) is 0.278. The van der Waals surface area contributed by atoms with E-state index in [9.17, 15) is 23.3 Å². The Morgan fingerprint density at radius 3 is 2.43 bits per heavy atom. The van der Waals surface area contributed by atoms with Crippen molar-refractivity contribution in [1.29, 1.82) is 0 Å². The number of aryl methyl sites for hydroxylation is 1. The van der Waals surface area contributed by atoms with Crippen molar-refractivity contribution in [3.8, 4) is 23.1 Å². The van der Waals surface area contributed by atoms with Crippen molar-refractivity contribution in [2.45, 2.75) is 32.7 Å². The summed E-state index contributed by atoms with van der Waals surface area (Å²) in [7, 11) is -1.83. The standard InChI is InChI=1S/C18H16ClF3N2O3Si/c1-11-16(24(25)26)9-12(7-8-28(2,3)4)17(23-11)27-13-5-6-15(19)14(10-13)18(20,21)22/h5-6,9-10H,1-4H3. The molecule has 0 amide bonds. The monoisotopic (exact) mass is 428 g/mol. The largest absolute Gasteiger partial charge is 0.438 e. The number of nitrogens with zero attached hydrogens (tertiary/aromatic N) is 2. The molecule has 0 saturated carbocycles. The molecule has 28 heavy (non-hydrogen) atoms. The van der Waals surface area contributed by atoms with Crippen molar-refractivity contribution in [3.05, 3.63) is 56.2 Å². The van der Waals surface area contributed by atoms with Crippen molar-refractivity contribution < 1.29 is 22.8 Å². The van der Waals surface area contributed by atoms with Crippen LogP contribution in [0.15, 0.2) is 24.3 Å². The van der Waals surface area contributed by atoms with E-state index in [1.807, 2.05) is 19.6 Å². The Kier molecular flexibility index (Phi) is 6.06. The fourth-order valence-electron chi connectivity index (χ4n) is 2.08. The van der Waals surface area contributed by atoms with Crippen LogP contribution in [0.3, 0.4) is 0 Å². The van der Waals surface area contributed by atoms with Crippen LogP contribution < -0.4 is 4.74 Å². The predicted octanol–water partition coefficient (Wildman–Crippen LogP) is 5.99. The molecular formula is C18H16ClF3N2O3Si. The Morgan fingerprint density at radius 1 is 1.25 bits per heavy atom. The highest BCUT2D eigenvalue weighted by molar-refractivity contribution is 6.83. The van der Waals surface area contributed by atoms with Crippen LogP contribution in [0.25, 0.3) is 0 Å². The van der Waals surface area contributed by atoms with Crippen molar-refractivity contribution in [2.75, 3.05) is 0 Å². The lowest BCUT2D eigenvalue weighted by molar-refractivity contribution is -0.385. The van der Waals surface area contributed by atoms with Crippen molar-refractivity contribution in [1.82, 2.24) is 4.98 Å². The molecular weight excluding hydrogens is 413 g/mol. The molecule has 0 spiro atoms. The van der Waals surface area contributed by atoms with Gasteiger partial charge in [-0.25, -0.2) is 4.98 Å². The molecule has 10 heteroatoms. The van der Waals surface area contributed by atoms with Gasteiger partial charge in [-0.15, -0.1) is 5.54 Å². The lowest BCUT2D eigenvalue weighted by Gasteiger charge is -2.13. The molecule has 0 N–H and O–H groups in total. The molecule has 0 aliphatic heterocycles. The fourth-order valence-corrected chi connectivity index (χ4v) is 2.81. The molecule has 0 aliphatic carbocycles. The molecule has 0 aliphatic rings. The van der Waals surface area contributed by atoms with Crippen molar-refractivity contribution >= 4 is 25.4 Å². The van der Waals surface area contributed by atoms with E-state index in [1.165, 1.54) is 19.1 Å². The first-order chi connectivity index (χ1) is 12.8. The first-order valence-corrected chi connectivity index (χ1v) is 11.9. The van der Waals surface area contributed by atoms with Crippen LogP contribution in [0.1, 0.15) is 16.8 Å². The molecule has 0 atom stereocenters. The minimum atomic E-state index is -4.66. The number of hydrogen-bond acceptors (Lipinski definition) is 4. The van der Waals surface area contributed by atoms with Gasteiger partial charge in [-0.1, -0.05) is 37.2 Å². The average molecular weight is 429 g/mol. The molecule has 0 radical (unpaired) electrons. The maximum atomic E-state index is 13.1. The third-order valence-corrected chi connectivity index (χ3v) is 4.58. The normalized spacial score (nSPS) is 11.6. The van der Waals surface area contributed by atoms with Gasteiger partial charge in [-0.2, -0.15) is 13.2 Å². The number of nitro groups is 1. The van der Waals surface area contributed by atoms with Gasteiger partial charge in [0.15, 0.2) is 0 Å². The third-order valence-electron chi connectivity index (χ3n) is 3.38. The summed E-state index contributed by atoms with van der Waals surface area (Å²) in [5, 5.41) is 10.7. The number of benzene rings is 1. The van der Waals surface area contributed by atoms with Crippen LogP contribution in [-0.4, -0.2) is 18.0 Å². The number of ether oxygens (including phenoxy) is 1. The summed E-state index contributed by atoms with van der Waals surface area (Å²) in [5.41, 5.74) is 1.92. The van der Waals surface area contributed by atoms with Gasteiger partial charge in [0, 0.05) is 6.07 Å². The number of rotatable bonds is 3. The number of alkyl halides is 3. The van der Waals surface area contributed by atoms with E-state index in [2.05, 4.69) is 16.4 Å². The van der Waals surface area contributed by atoms with Crippen LogP contribution in [-0.2, 0) is 6.18 Å². The Morgan fingerprint density at radius 2 is 1.89 bits per heavy atom. The summed E-state index contributed by atoms with van der Waals surface area (Å²) in [5.74, 6) is 2.56. The smallest absolute Gasteiger partial charge is 0.417 e. The molecule has 1 aromatic heterocycles. The van der Waals surface area contributed by atoms with Gasteiger partial charge in [0.2, 0.25) is 5.88 Å². The molecule has 0 fully saturated rings. The molecule has 5 nitrogen and oxygen atoms in total. The number of halogens is 4. The molecule has 0 saturated heterocycles. The van der Waals surface area contributed by atoms with Crippen molar-refractivity contribution in [2.24, 2.45) is 0 Å². The number of aromatic nitrogens is 1. The van der Waals surface area contributed by atoms with Crippen LogP contribution >= 0.6 is 11.6 Å². The first-order valence-electron chi connectivity index (χ1n) is 8.02. The molecule has 2 aromatic rings. The Balaban J connectivity index is 2.57. The topological polar surface area (TPSA) is 65.3 Å². The average Bonchev–Trinajstić information content (AvgIpc) is 2.53. The predicted molar refractivity (Wildman–Crippen MR) is 102 cm³/mol. The zero-order chi connectivity index (χ0) is 21.3. The SMILES string of the molecule is Cc1nc(Oc2ccc(Cl)c(C(F)(F)F)c2)c(C#C[Si](C)(C)C)cc1[N+](=O)[O-]. The van der Waals surface area contributed by atoms with Gasteiger partial charge in [-0.05, 0) is 25.1 Å². The maximum Gasteiger partial charge on any atom is 0.417 e. The highest BCUT2D eigenvalue weighted by Gasteiger charge is 2.33. The lowest BCUT2D eigenvalue weighted by Crippen LogP contribution is -2.16. The Hall–Kier alpha value is -2.57. The van der Waals surface area contributed by atoms with Gasteiger partial charge < -0.3 is 4.74 Å².